The Morgan fingerprint density at radius 1 is 1.30 bits per heavy atom. The second-order valence-electron chi connectivity index (χ2n) is 7.92. The van der Waals surface area contributed by atoms with Crippen LogP contribution in [0.2, 0.25) is 0 Å². The summed E-state index contributed by atoms with van der Waals surface area (Å²) in [5.41, 5.74) is 13.4. The number of nitrogens with two attached hydrogens (primary N) is 1. The van der Waals surface area contributed by atoms with Gasteiger partial charge in [0.15, 0.2) is 5.84 Å². The maximum Gasteiger partial charge on any atom is 0.160 e. The summed E-state index contributed by atoms with van der Waals surface area (Å²) in [6.45, 7) is 4.47. The quantitative estimate of drug-likeness (QED) is 0.672. The average Bonchev–Trinajstić information content (AvgIpc) is 3.47. The fraction of sp³-hybridized carbons (Fsp3) is 0.500. The lowest BCUT2D eigenvalue weighted by Crippen LogP contribution is -2.34. The fourth-order valence-corrected chi connectivity index (χ4v) is 4.96. The van der Waals surface area contributed by atoms with Crippen molar-refractivity contribution in [2.75, 3.05) is 12.9 Å². The van der Waals surface area contributed by atoms with Crippen LogP contribution in [0.4, 0.5) is 0 Å². The van der Waals surface area contributed by atoms with Crippen molar-refractivity contribution in [3.05, 3.63) is 34.2 Å². The predicted octanol–water partition coefficient (Wildman–Crippen LogP) is 2.50. The molecule has 0 amide bonds. The first-order valence-corrected chi connectivity index (χ1v) is 10.9. The minimum absolute atomic E-state index is 0. The van der Waals surface area contributed by atoms with E-state index in [1.807, 2.05) is 20.0 Å². The van der Waals surface area contributed by atoms with Crippen molar-refractivity contribution in [2.45, 2.75) is 51.7 Å². The zero-order valence-corrected chi connectivity index (χ0v) is 18.9. The normalized spacial score (nSPS) is 22.6. The zero-order chi connectivity index (χ0) is 20.1. The highest BCUT2D eigenvalue weighted by Gasteiger charge is 2.40. The van der Waals surface area contributed by atoms with Crippen molar-refractivity contribution < 1.29 is 4.74 Å². The minimum Gasteiger partial charge on any atom is -0.496 e. The predicted molar refractivity (Wildman–Crippen MR) is 124 cm³/mol. The highest BCUT2D eigenvalue weighted by Crippen LogP contribution is 2.36. The fourth-order valence-electron chi connectivity index (χ4n) is 4.18. The molecule has 30 heavy (non-hydrogen) atoms. The molecule has 10 heteroatoms. The number of nitrogens with one attached hydrogen (secondary N) is 1. The average molecular weight is 448 g/mol. The second kappa shape index (κ2) is 8.20. The Morgan fingerprint density at radius 2 is 2.10 bits per heavy atom. The van der Waals surface area contributed by atoms with Crippen LogP contribution in [0.15, 0.2) is 31.9 Å². The van der Waals surface area contributed by atoms with Crippen LogP contribution in [0.3, 0.4) is 0 Å². The van der Waals surface area contributed by atoms with Crippen LogP contribution >= 0.6 is 24.4 Å². The Balaban J connectivity index is 0.00000218. The van der Waals surface area contributed by atoms with Crippen molar-refractivity contribution in [3.63, 3.8) is 0 Å². The number of aromatic nitrogens is 1. The van der Waals surface area contributed by atoms with Crippen LogP contribution in [0.1, 0.15) is 36.1 Å². The molecule has 0 aromatic carbocycles. The van der Waals surface area contributed by atoms with Gasteiger partial charge in [0.2, 0.25) is 0 Å². The Bertz CT molecular complexity index is 999. The lowest BCUT2D eigenvalue weighted by Gasteiger charge is -2.23. The molecule has 160 valence electrons. The van der Waals surface area contributed by atoms with Crippen LogP contribution < -0.4 is 15.8 Å². The standard InChI is InChI=1S/C20H25N7OS.ClH/c1-10-7-22-16(11(2)19(10)28-3)8-27-24-15-6-14(23-12-4-5-12)13-9-29-26-20(21)18(25-27)17(13)15;/h7,12,14,23H,4-6,8-9H2,1-3H3,(H2,21,26);1H. The van der Waals surface area contributed by atoms with Gasteiger partial charge in [-0.15, -0.1) is 12.4 Å². The molecule has 1 aromatic heterocycles. The minimum atomic E-state index is 0. The number of methoxy groups -OCH3 is 1. The van der Waals surface area contributed by atoms with Gasteiger partial charge in [0.1, 0.15) is 18.0 Å². The Hall–Kier alpha value is -2.10. The van der Waals surface area contributed by atoms with Gasteiger partial charge in [-0.2, -0.15) is 19.7 Å². The largest absolute Gasteiger partial charge is 0.496 e. The van der Waals surface area contributed by atoms with E-state index in [1.165, 1.54) is 30.4 Å². The van der Waals surface area contributed by atoms with Gasteiger partial charge in [0, 0.05) is 47.2 Å². The van der Waals surface area contributed by atoms with Crippen molar-refractivity contribution in [1.82, 2.24) is 15.4 Å². The highest BCUT2D eigenvalue weighted by molar-refractivity contribution is 7.98. The van der Waals surface area contributed by atoms with Gasteiger partial charge >= 0.3 is 0 Å². The molecule has 0 bridgehead atoms. The Morgan fingerprint density at radius 3 is 2.83 bits per heavy atom. The molecule has 2 aliphatic heterocycles. The summed E-state index contributed by atoms with van der Waals surface area (Å²) < 4.78 is 9.99. The number of ether oxygens (including phenoxy) is 1. The van der Waals surface area contributed by atoms with Crippen molar-refractivity contribution in [1.29, 1.82) is 0 Å². The summed E-state index contributed by atoms with van der Waals surface area (Å²) in [4.78, 5) is 4.60. The molecule has 5 rings (SSSR count). The van der Waals surface area contributed by atoms with Gasteiger partial charge in [-0.1, -0.05) is 0 Å². The molecule has 0 spiro atoms. The third kappa shape index (κ3) is 3.70. The zero-order valence-electron chi connectivity index (χ0n) is 17.3. The van der Waals surface area contributed by atoms with E-state index < -0.39 is 0 Å². The van der Waals surface area contributed by atoms with Crippen LogP contribution in [-0.2, 0) is 6.54 Å². The summed E-state index contributed by atoms with van der Waals surface area (Å²) in [5, 5.41) is 15.1. The molecule has 3 N–H and O–H groups in total. The third-order valence-electron chi connectivity index (χ3n) is 5.80. The highest BCUT2D eigenvalue weighted by atomic mass is 35.5. The molecular weight excluding hydrogens is 422 g/mol. The number of pyridine rings is 1. The summed E-state index contributed by atoms with van der Waals surface area (Å²) in [5.74, 6) is 2.15. The van der Waals surface area contributed by atoms with Gasteiger partial charge in [-0.3, -0.25) is 4.98 Å². The summed E-state index contributed by atoms with van der Waals surface area (Å²) in [7, 11) is 1.69. The number of hydrogen-bond donors (Lipinski definition) is 2. The number of hydrogen-bond acceptors (Lipinski definition) is 9. The topological polar surface area (TPSA) is 100 Å². The number of hydrazone groups is 2. The van der Waals surface area contributed by atoms with Gasteiger partial charge in [0.25, 0.3) is 0 Å². The van der Waals surface area contributed by atoms with E-state index in [0.29, 0.717) is 24.5 Å². The van der Waals surface area contributed by atoms with Crippen LogP contribution in [0, 0.1) is 13.8 Å². The summed E-state index contributed by atoms with van der Waals surface area (Å²) in [6.07, 6.45) is 5.21. The SMILES string of the molecule is COc1c(C)cnc(CN2N=C3CC(NC4CC4)C4=C3C(=N2)C(N)=NSC4)c1C.Cl. The van der Waals surface area contributed by atoms with Crippen molar-refractivity contribution >= 4 is 41.6 Å². The van der Waals surface area contributed by atoms with E-state index in [9.17, 15) is 0 Å². The van der Waals surface area contributed by atoms with Gasteiger partial charge in [0.05, 0.1) is 18.5 Å². The second-order valence-corrected chi connectivity index (χ2v) is 8.65. The molecule has 1 aromatic rings. The molecule has 1 saturated carbocycles. The molecule has 4 aliphatic rings. The first kappa shape index (κ1) is 21.1. The van der Waals surface area contributed by atoms with Gasteiger partial charge < -0.3 is 15.8 Å². The number of rotatable bonds is 5. The molecule has 1 unspecified atom stereocenters. The van der Waals surface area contributed by atoms with E-state index in [-0.39, 0.29) is 12.4 Å². The number of aryl methyl sites for hydroxylation is 1. The summed E-state index contributed by atoms with van der Waals surface area (Å²) >= 11 is 1.50. The smallest absolute Gasteiger partial charge is 0.160 e. The maximum atomic E-state index is 6.28. The van der Waals surface area contributed by atoms with Crippen LogP contribution in [0.5, 0.6) is 5.75 Å². The van der Waals surface area contributed by atoms with Gasteiger partial charge in [-0.05, 0) is 44.2 Å². The van der Waals surface area contributed by atoms with Crippen molar-refractivity contribution in [2.24, 2.45) is 20.3 Å². The molecule has 0 saturated heterocycles. The molecule has 8 nitrogen and oxygen atoms in total. The lowest BCUT2D eigenvalue weighted by atomic mass is 10.0. The lowest BCUT2D eigenvalue weighted by molar-refractivity contribution is 0.288. The maximum absolute atomic E-state index is 6.28. The first-order valence-electron chi connectivity index (χ1n) is 9.93. The molecular formula is C20H26ClN7OS. The number of nitrogens with zero attached hydrogens (tertiary/aromatic N) is 5. The Kier molecular flexibility index (Phi) is 5.78. The summed E-state index contributed by atoms with van der Waals surface area (Å²) in [6, 6.07) is 0.929. The monoisotopic (exact) mass is 447 g/mol. The van der Waals surface area contributed by atoms with Crippen molar-refractivity contribution in [3.8, 4) is 5.75 Å². The third-order valence-corrected chi connectivity index (χ3v) is 6.56. The van der Waals surface area contributed by atoms with E-state index >= 15 is 0 Å². The van der Waals surface area contributed by atoms with E-state index in [4.69, 9.17) is 20.7 Å². The van der Waals surface area contributed by atoms with Crippen LogP contribution in [-0.4, -0.2) is 52.3 Å². The van der Waals surface area contributed by atoms with E-state index in [0.717, 1.165) is 51.7 Å². The molecule has 1 fully saturated rings. The number of amidine groups is 1. The molecule has 1 atom stereocenters. The molecule has 0 radical (unpaired) electrons. The van der Waals surface area contributed by atoms with E-state index in [1.54, 1.807) is 12.2 Å². The first-order chi connectivity index (χ1) is 14.0. The van der Waals surface area contributed by atoms with E-state index in [2.05, 4.69) is 14.7 Å². The molecule has 2 aliphatic carbocycles. The number of halogens is 1. The van der Waals surface area contributed by atoms with Gasteiger partial charge in [-0.25, -0.2) is 0 Å². The van der Waals surface area contributed by atoms with Crippen LogP contribution in [0.25, 0.3) is 0 Å². The molecule has 3 heterocycles. The Labute approximate surface area is 186 Å².